The average molecular weight is 247 g/mol. The van der Waals surface area contributed by atoms with E-state index >= 15 is 0 Å². The first kappa shape index (κ1) is 14.2. The van der Waals surface area contributed by atoms with Gasteiger partial charge >= 0.3 is 0 Å². The number of nitrogens with one attached hydrogen (secondary N) is 2. The van der Waals surface area contributed by atoms with E-state index in [4.69, 9.17) is 5.26 Å². The molecule has 1 aromatic rings. The van der Waals surface area contributed by atoms with Crippen LogP contribution in [0.3, 0.4) is 0 Å². The van der Waals surface area contributed by atoms with E-state index in [-0.39, 0.29) is 0 Å². The third-order valence-electron chi connectivity index (χ3n) is 2.47. The van der Waals surface area contributed by atoms with Crippen LogP contribution < -0.4 is 10.6 Å². The van der Waals surface area contributed by atoms with E-state index in [1.54, 1.807) is 0 Å². The fourth-order valence-corrected chi connectivity index (χ4v) is 1.59. The molecule has 1 aromatic heterocycles. The van der Waals surface area contributed by atoms with E-state index in [0.29, 0.717) is 13.0 Å². The number of anilines is 2. The first-order valence-corrected chi connectivity index (χ1v) is 6.46. The summed E-state index contributed by atoms with van der Waals surface area (Å²) in [5.74, 6) is 2.35. The highest BCUT2D eigenvalue weighted by Gasteiger charge is 2.00. The quantitative estimate of drug-likeness (QED) is 0.691. The van der Waals surface area contributed by atoms with E-state index in [9.17, 15) is 0 Å². The maximum Gasteiger partial charge on any atom is 0.131 e. The van der Waals surface area contributed by atoms with Gasteiger partial charge in [0.25, 0.3) is 0 Å². The summed E-state index contributed by atoms with van der Waals surface area (Å²) in [6.45, 7) is 5.60. The zero-order chi connectivity index (χ0) is 13.2. The summed E-state index contributed by atoms with van der Waals surface area (Å²) in [4.78, 5) is 8.61. The molecule has 0 fully saturated rings. The number of nitrogens with zero attached hydrogens (tertiary/aromatic N) is 3. The topological polar surface area (TPSA) is 73.6 Å². The van der Waals surface area contributed by atoms with Crippen molar-refractivity contribution in [2.45, 2.75) is 39.5 Å². The van der Waals surface area contributed by atoms with Crippen LogP contribution in [0.5, 0.6) is 0 Å². The largest absolute Gasteiger partial charge is 0.370 e. The summed E-state index contributed by atoms with van der Waals surface area (Å²) in [5.41, 5.74) is 0. The lowest BCUT2D eigenvalue weighted by Crippen LogP contribution is -2.08. The molecule has 1 heterocycles. The normalized spacial score (nSPS) is 9.83. The summed E-state index contributed by atoms with van der Waals surface area (Å²) in [6.07, 6.45) is 4.06. The highest BCUT2D eigenvalue weighted by Crippen LogP contribution is 2.11. The molecule has 0 bridgehead atoms. The van der Waals surface area contributed by atoms with Crippen molar-refractivity contribution >= 4 is 11.6 Å². The van der Waals surface area contributed by atoms with E-state index < -0.39 is 0 Å². The van der Waals surface area contributed by atoms with Crippen LogP contribution >= 0.6 is 0 Å². The monoisotopic (exact) mass is 247 g/mol. The molecular formula is C13H21N5. The lowest BCUT2D eigenvalue weighted by Gasteiger charge is -2.09. The second kappa shape index (κ2) is 8.29. The van der Waals surface area contributed by atoms with Gasteiger partial charge in [-0.15, -0.1) is 0 Å². The molecule has 0 atom stereocenters. The first-order chi connectivity index (χ1) is 8.76. The van der Waals surface area contributed by atoms with Crippen LogP contribution in [0.4, 0.5) is 11.6 Å². The van der Waals surface area contributed by atoms with Crippen LogP contribution in [0, 0.1) is 18.3 Å². The lowest BCUT2D eigenvalue weighted by molar-refractivity contribution is 0.742. The number of hydrogen-bond donors (Lipinski definition) is 2. The van der Waals surface area contributed by atoms with Crippen molar-refractivity contribution in [2.24, 2.45) is 0 Å². The number of rotatable bonds is 8. The van der Waals surface area contributed by atoms with Gasteiger partial charge in [0.15, 0.2) is 0 Å². The molecule has 0 saturated heterocycles. The molecule has 0 aromatic carbocycles. The Balaban J connectivity index is 2.49. The zero-order valence-electron chi connectivity index (χ0n) is 11.2. The maximum absolute atomic E-state index is 8.48. The molecule has 0 saturated carbocycles. The Morgan fingerprint density at radius 3 is 2.44 bits per heavy atom. The van der Waals surface area contributed by atoms with E-state index in [0.717, 1.165) is 30.4 Å². The molecule has 0 unspecified atom stereocenters. The van der Waals surface area contributed by atoms with Crippen molar-refractivity contribution in [3.8, 4) is 6.07 Å². The van der Waals surface area contributed by atoms with Gasteiger partial charge < -0.3 is 10.6 Å². The van der Waals surface area contributed by atoms with Gasteiger partial charge in [-0.1, -0.05) is 19.8 Å². The molecule has 0 amide bonds. The first-order valence-electron chi connectivity index (χ1n) is 6.46. The summed E-state index contributed by atoms with van der Waals surface area (Å²) >= 11 is 0. The minimum atomic E-state index is 0.475. The predicted octanol–water partition coefficient (Wildman–Crippen LogP) is 2.71. The third kappa shape index (κ3) is 5.48. The Morgan fingerprint density at radius 2 is 1.83 bits per heavy atom. The average Bonchev–Trinajstić information content (AvgIpc) is 2.34. The van der Waals surface area contributed by atoms with Crippen molar-refractivity contribution < 1.29 is 0 Å². The summed E-state index contributed by atoms with van der Waals surface area (Å²) in [7, 11) is 0. The van der Waals surface area contributed by atoms with Crippen molar-refractivity contribution in [2.75, 3.05) is 23.7 Å². The van der Waals surface area contributed by atoms with Gasteiger partial charge in [-0.2, -0.15) is 5.26 Å². The number of hydrogen-bond acceptors (Lipinski definition) is 5. The van der Waals surface area contributed by atoms with Crippen LogP contribution in [0.2, 0.25) is 0 Å². The number of aromatic nitrogens is 2. The number of nitriles is 1. The van der Waals surface area contributed by atoms with Crippen LogP contribution in [-0.2, 0) is 0 Å². The van der Waals surface area contributed by atoms with Crippen LogP contribution in [0.15, 0.2) is 6.07 Å². The van der Waals surface area contributed by atoms with Crippen molar-refractivity contribution in [1.82, 2.24) is 9.97 Å². The predicted molar refractivity (Wildman–Crippen MR) is 73.5 cm³/mol. The number of unbranched alkanes of at least 4 members (excludes halogenated alkanes) is 2. The minimum Gasteiger partial charge on any atom is -0.370 e. The van der Waals surface area contributed by atoms with E-state index in [2.05, 4.69) is 33.6 Å². The molecular weight excluding hydrogens is 226 g/mol. The summed E-state index contributed by atoms with van der Waals surface area (Å²) < 4.78 is 0. The van der Waals surface area contributed by atoms with Crippen molar-refractivity contribution in [1.29, 1.82) is 5.26 Å². The minimum absolute atomic E-state index is 0.475. The molecule has 1 rings (SSSR count). The van der Waals surface area contributed by atoms with Gasteiger partial charge in [-0.05, 0) is 13.3 Å². The summed E-state index contributed by atoms with van der Waals surface area (Å²) in [6, 6.07) is 3.98. The zero-order valence-corrected chi connectivity index (χ0v) is 11.2. The Hall–Kier alpha value is -1.83. The second-order valence-electron chi connectivity index (χ2n) is 4.15. The second-order valence-corrected chi connectivity index (χ2v) is 4.15. The third-order valence-corrected chi connectivity index (χ3v) is 2.47. The van der Waals surface area contributed by atoms with Crippen molar-refractivity contribution in [3.63, 3.8) is 0 Å². The van der Waals surface area contributed by atoms with Crippen molar-refractivity contribution in [3.05, 3.63) is 11.9 Å². The van der Waals surface area contributed by atoms with Gasteiger partial charge in [-0.3, -0.25) is 0 Å². The Bertz CT molecular complexity index is 397. The van der Waals surface area contributed by atoms with Crippen LogP contribution in [0.1, 0.15) is 38.4 Å². The van der Waals surface area contributed by atoms with Gasteiger partial charge in [0.05, 0.1) is 12.5 Å². The van der Waals surface area contributed by atoms with Gasteiger partial charge in [0.1, 0.15) is 17.5 Å². The SMILES string of the molecule is CCCCCNc1cc(NCCC#N)nc(C)n1. The molecule has 2 N–H and O–H groups in total. The Kier molecular flexibility index (Phi) is 6.55. The van der Waals surface area contributed by atoms with E-state index in [1.807, 2.05) is 13.0 Å². The summed E-state index contributed by atoms with van der Waals surface area (Å²) in [5, 5.41) is 14.9. The van der Waals surface area contributed by atoms with E-state index in [1.165, 1.54) is 12.8 Å². The highest BCUT2D eigenvalue weighted by atomic mass is 15.1. The molecule has 0 radical (unpaired) electrons. The molecule has 0 aliphatic rings. The molecule has 0 aliphatic heterocycles. The Labute approximate surface area is 109 Å². The number of aryl methyl sites for hydroxylation is 1. The van der Waals surface area contributed by atoms with Gasteiger partial charge in [-0.25, -0.2) is 9.97 Å². The fraction of sp³-hybridized carbons (Fsp3) is 0.615. The fourth-order valence-electron chi connectivity index (χ4n) is 1.59. The smallest absolute Gasteiger partial charge is 0.131 e. The van der Waals surface area contributed by atoms with Crippen LogP contribution in [-0.4, -0.2) is 23.1 Å². The molecule has 0 aliphatic carbocycles. The van der Waals surface area contributed by atoms with Gasteiger partial charge in [0, 0.05) is 19.2 Å². The highest BCUT2D eigenvalue weighted by molar-refractivity contribution is 5.47. The lowest BCUT2D eigenvalue weighted by atomic mass is 10.2. The Morgan fingerprint density at radius 1 is 1.17 bits per heavy atom. The maximum atomic E-state index is 8.48. The molecule has 5 heteroatoms. The molecule has 0 spiro atoms. The van der Waals surface area contributed by atoms with Gasteiger partial charge in [0.2, 0.25) is 0 Å². The standard InChI is InChI=1S/C13H21N5/c1-3-4-5-8-15-12-10-13(16-9-6-7-14)18-11(2)17-12/h10H,3-6,8-9H2,1-2H3,(H2,15,16,17,18). The molecule has 18 heavy (non-hydrogen) atoms. The van der Waals surface area contributed by atoms with Crippen LogP contribution in [0.25, 0.3) is 0 Å². The molecule has 98 valence electrons. The molecule has 5 nitrogen and oxygen atoms in total.